The molecule has 5 heteroatoms. The van der Waals surface area contributed by atoms with Crippen molar-refractivity contribution in [2.45, 2.75) is 20.8 Å². The number of nitrogens with zero attached hydrogens (tertiary/aromatic N) is 2. The third-order valence-corrected chi connectivity index (χ3v) is 5.75. The zero-order chi connectivity index (χ0) is 18.3. The Morgan fingerprint density at radius 1 is 1.12 bits per heavy atom. The van der Waals surface area contributed by atoms with Crippen LogP contribution >= 0.6 is 11.8 Å². The molecule has 0 saturated heterocycles. The van der Waals surface area contributed by atoms with Crippen molar-refractivity contribution in [3.8, 4) is 0 Å². The Kier molecular flexibility index (Phi) is 4.32. The third kappa shape index (κ3) is 2.92. The number of anilines is 1. The van der Waals surface area contributed by atoms with Gasteiger partial charge in [-0.05, 0) is 55.8 Å². The van der Waals surface area contributed by atoms with Crippen LogP contribution in [0.4, 0.5) is 5.69 Å². The molecule has 2 aliphatic heterocycles. The van der Waals surface area contributed by atoms with E-state index in [-0.39, 0.29) is 5.91 Å². The van der Waals surface area contributed by atoms with Crippen LogP contribution in [0.3, 0.4) is 0 Å². The third-order valence-electron chi connectivity index (χ3n) is 4.63. The minimum atomic E-state index is -0.0762. The highest BCUT2D eigenvalue weighted by Crippen LogP contribution is 2.44. The maximum Gasteiger partial charge on any atom is 0.264 e. The molecule has 0 aliphatic carbocycles. The molecule has 0 atom stereocenters. The molecule has 0 radical (unpaired) electrons. The standard InChI is InChI=1S/C21H21N3OS/c1-13-11-14(2)17(15(3)12-13)18-19(26-21-22-9-10-24(18)21)20(25)23-16-7-5-4-6-8-16/h4-8,11-12H,9-10H2,1-3H3,(H,23,25). The molecule has 2 aromatic carbocycles. The predicted octanol–water partition coefficient (Wildman–Crippen LogP) is 4.34. The highest BCUT2D eigenvalue weighted by atomic mass is 32.2. The second-order valence-corrected chi connectivity index (χ2v) is 7.67. The van der Waals surface area contributed by atoms with Gasteiger partial charge >= 0.3 is 0 Å². The Labute approximate surface area is 158 Å². The summed E-state index contributed by atoms with van der Waals surface area (Å²) < 4.78 is 0. The number of benzene rings is 2. The number of amides is 1. The molecule has 0 unspecified atom stereocenters. The smallest absolute Gasteiger partial charge is 0.264 e. The molecule has 0 saturated carbocycles. The SMILES string of the molecule is Cc1cc(C)c(C2=C(C(=O)Nc3ccccc3)SC3=NCCN32)c(C)c1. The van der Waals surface area contributed by atoms with Gasteiger partial charge in [-0.15, -0.1) is 0 Å². The summed E-state index contributed by atoms with van der Waals surface area (Å²) in [6.07, 6.45) is 0. The molecule has 0 fully saturated rings. The van der Waals surface area contributed by atoms with Gasteiger partial charge in [-0.3, -0.25) is 9.79 Å². The Bertz CT molecular complexity index is 924. The van der Waals surface area contributed by atoms with Gasteiger partial charge in [0.05, 0.1) is 12.2 Å². The Morgan fingerprint density at radius 3 is 2.50 bits per heavy atom. The van der Waals surface area contributed by atoms with E-state index in [0.717, 1.165) is 40.1 Å². The quantitative estimate of drug-likeness (QED) is 0.882. The molecule has 132 valence electrons. The van der Waals surface area contributed by atoms with Crippen molar-refractivity contribution in [1.82, 2.24) is 4.90 Å². The first-order valence-electron chi connectivity index (χ1n) is 8.73. The zero-order valence-corrected chi connectivity index (χ0v) is 16.0. The first kappa shape index (κ1) is 16.9. The van der Waals surface area contributed by atoms with E-state index in [9.17, 15) is 4.79 Å². The number of rotatable bonds is 3. The molecule has 0 aromatic heterocycles. The molecule has 2 aliphatic rings. The molecule has 0 bridgehead atoms. The lowest BCUT2D eigenvalue weighted by Crippen LogP contribution is -2.22. The number of fused-ring (bicyclic) bond motifs is 1. The topological polar surface area (TPSA) is 44.7 Å². The monoisotopic (exact) mass is 363 g/mol. The Morgan fingerprint density at radius 2 is 1.81 bits per heavy atom. The molecule has 4 nitrogen and oxygen atoms in total. The van der Waals surface area contributed by atoms with Crippen LogP contribution < -0.4 is 5.32 Å². The van der Waals surface area contributed by atoms with E-state index in [2.05, 4.69) is 48.1 Å². The summed E-state index contributed by atoms with van der Waals surface area (Å²) in [5.41, 5.74) is 6.56. The van der Waals surface area contributed by atoms with Crippen LogP contribution in [-0.2, 0) is 4.79 Å². The average molecular weight is 363 g/mol. The maximum atomic E-state index is 13.0. The van der Waals surface area contributed by atoms with E-state index >= 15 is 0 Å². The van der Waals surface area contributed by atoms with Gasteiger partial charge in [0.15, 0.2) is 5.17 Å². The Balaban J connectivity index is 1.80. The molecule has 2 aromatic rings. The summed E-state index contributed by atoms with van der Waals surface area (Å²) >= 11 is 1.48. The molecular formula is C21H21N3OS. The van der Waals surface area contributed by atoms with Crippen LogP contribution in [0.1, 0.15) is 22.3 Å². The largest absolute Gasteiger partial charge is 0.321 e. The number of nitrogens with one attached hydrogen (secondary N) is 1. The van der Waals surface area contributed by atoms with Gasteiger partial charge in [0, 0.05) is 17.8 Å². The van der Waals surface area contributed by atoms with Gasteiger partial charge < -0.3 is 10.2 Å². The van der Waals surface area contributed by atoms with Crippen LogP contribution in [0.25, 0.3) is 5.70 Å². The number of hydrogen-bond donors (Lipinski definition) is 1. The summed E-state index contributed by atoms with van der Waals surface area (Å²) in [4.78, 5) is 20.5. The first-order valence-corrected chi connectivity index (χ1v) is 9.55. The fourth-order valence-corrected chi connectivity index (χ4v) is 4.73. The summed E-state index contributed by atoms with van der Waals surface area (Å²) in [6, 6.07) is 13.9. The molecule has 1 N–H and O–H groups in total. The number of hydrogen-bond acceptors (Lipinski definition) is 4. The van der Waals surface area contributed by atoms with Crippen LogP contribution in [0, 0.1) is 20.8 Å². The lowest BCUT2D eigenvalue weighted by atomic mass is 9.96. The number of carbonyl (C=O) groups is 1. The second kappa shape index (κ2) is 6.65. The van der Waals surface area contributed by atoms with E-state index in [4.69, 9.17) is 0 Å². The highest BCUT2D eigenvalue weighted by molar-refractivity contribution is 8.18. The minimum absolute atomic E-state index is 0.0762. The van der Waals surface area contributed by atoms with Crippen LogP contribution in [0.15, 0.2) is 52.4 Å². The normalized spacial score (nSPS) is 16.0. The van der Waals surface area contributed by atoms with Crippen molar-refractivity contribution < 1.29 is 4.79 Å². The van der Waals surface area contributed by atoms with Gasteiger partial charge in [-0.1, -0.05) is 35.9 Å². The van der Waals surface area contributed by atoms with Crippen molar-refractivity contribution in [2.24, 2.45) is 4.99 Å². The molecule has 1 amide bonds. The summed E-state index contributed by atoms with van der Waals surface area (Å²) in [7, 11) is 0. The second-order valence-electron chi connectivity index (χ2n) is 6.69. The molecular weight excluding hydrogens is 342 g/mol. The molecule has 4 rings (SSSR count). The van der Waals surface area contributed by atoms with Crippen molar-refractivity contribution in [1.29, 1.82) is 0 Å². The summed E-state index contributed by atoms with van der Waals surface area (Å²) in [5, 5.41) is 3.95. The predicted molar refractivity (Wildman–Crippen MR) is 109 cm³/mol. The van der Waals surface area contributed by atoms with Crippen molar-refractivity contribution >= 4 is 34.2 Å². The number of amidine groups is 1. The molecule has 26 heavy (non-hydrogen) atoms. The van der Waals surface area contributed by atoms with Gasteiger partial charge in [-0.25, -0.2) is 0 Å². The zero-order valence-electron chi connectivity index (χ0n) is 15.2. The molecule has 0 spiro atoms. The van der Waals surface area contributed by atoms with Crippen LogP contribution in [-0.4, -0.2) is 29.1 Å². The van der Waals surface area contributed by atoms with Crippen molar-refractivity contribution in [3.05, 3.63) is 69.6 Å². The minimum Gasteiger partial charge on any atom is -0.321 e. The fraction of sp³-hybridized carbons (Fsp3) is 0.238. The van der Waals surface area contributed by atoms with E-state index in [1.807, 2.05) is 30.3 Å². The number of aryl methyl sites for hydroxylation is 3. The summed E-state index contributed by atoms with van der Waals surface area (Å²) in [6.45, 7) is 7.94. The molecule has 2 heterocycles. The van der Waals surface area contributed by atoms with E-state index in [0.29, 0.717) is 0 Å². The average Bonchev–Trinajstić information content (AvgIpc) is 3.17. The lowest BCUT2D eigenvalue weighted by molar-refractivity contribution is -0.112. The lowest BCUT2D eigenvalue weighted by Gasteiger charge is -2.21. The van der Waals surface area contributed by atoms with Gasteiger partial charge in [-0.2, -0.15) is 0 Å². The van der Waals surface area contributed by atoms with Gasteiger partial charge in [0.25, 0.3) is 5.91 Å². The number of para-hydroxylation sites is 1. The van der Waals surface area contributed by atoms with E-state index < -0.39 is 0 Å². The van der Waals surface area contributed by atoms with E-state index in [1.165, 1.54) is 28.5 Å². The van der Waals surface area contributed by atoms with Crippen LogP contribution in [0.2, 0.25) is 0 Å². The fourth-order valence-electron chi connectivity index (χ4n) is 3.65. The maximum absolute atomic E-state index is 13.0. The van der Waals surface area contributed by atoms with Crippen molar-refractivity contribution in [3.63, 3.8) is 0 Å². The van der Waals surface area contributed by atoms with Crippen LogP contribution in [0.5, 0.6) is 0 Å². The van der Waals surface area contributed by atoms with Crippen molar-refractivity contribution in [2.75, 3.05) is 18.4 Å². The van der Waals surface area contributed by atoms with E-state index in [1.54, 1.807) is 0 Å². The highest BCUT2D eigenvalue weighted by Gasteiger charge is 2.37. The first-order chi connectivity index (χ1) is 12.5. The number of aliphatic imine (C=N–C) groups is 1. The van der Waals surface area contributed by atoms with Gasteiger partial charge in [0.1, 0.15) is 4.91 Å². The number of thioether (sulfide) groups is 1. The number of carbonyl (C=O) groups excluding carboxylic acids is 1. The summed E-state index contributed by atoms with van der Waals surface area (Å²) in [5.74, 6) is -0.0762. The van der Waals surface area contributed by atoms with Gasteiger partial charge in [0.2, 0.25) is 0 Å². The Hall–Kier alpha value is -2.53.